The lowest BCUT2D eigenvalue weighted by atomic mass is 9.41. The van der Waals surface area contributed by atoms with Crippen LogP contribution >= 0.6 is 0 Å². The number of hydrogen-bond donors (Lipinski definition) is 1. The second kappa shape index (κ2) is 5.63. The van der Waals surface area contributed by atoms with Gasteiger partial charge < -0.3 is 5.32 Å². The fraction of sp³-hybridized carbons (Fsp3) is 0.783. The first-order valence-corrected chi connectivity index (χ1v) is 10.3. The molecule has 4 aliphatic rings. The van der Waals surface area contributed by atoms with E-state index in [9.17, 15) is 4.79 Å². The Kier molecular flexibility index (Phi) is 3.87. The van der Waals surface area contributed by atoms with Crippen LogP contribution in [0.3, 0.4) is 0 Å². The smallest absolute Gasteiger partial charge is 0.295 e. The second-order valence-electron chi connectivity index (χ2n) is 10.2. The molecule has 0 aliphatic heterocycles. The molecule has 4 fully saturated rings. The Morgan fingerprint density at radius 1 is 1.24 bits per heavy atom. The molecule has 0 aromatic heterocycles. The van der Waals surface area contributed by atoms with Crippen molar-refractivity contribution in [2.24, 2.45) is 34.0 Å². The SMILES string of the molecule is C#CC(=O)NC[C@]1(C)CCC[C@]2(C)C1CC[C@]13CC(=C)[C@H](CCC12)C3. The maximum Gasteiger partial charge on any atom is 0.295 e. The van der Waals surface area contributed by atoms with Crippen molar-refractivity contribution >= 4 is 5.91 Å². The van der Waals surface area contributed by atoms with Gasteiger partial charge in [0.05, 0.1) is 0 Å². The van der Waals surface area contributed by atoms with Crippen LogP contribution in [-0.4, -0.2) is 12.5 Å². The number of fused-ring (bicyclic) bond motifs is 3. The highest BCUT2D eigenvalue weighted by atomic mass is 16.1. The summed E-state index contributed by atoms with van der Waals surface area (Å²) in [5, 5.41) is 3.01. The van der Waals surface area contributed by atoms with Crippen molar-refractivity contribution in [2.45, 2.75) is 71.6 Å². The van der Waals surface area contributed by atoms with Gasteiger partial charge in [-0.2, -0.15) is 0 Å². The maximum absolute atomic E-state index is 11.6. The summed E-state index contributed by atoms with van der Waals surface area (Å²) in [6, 6.07) is 0. The van der Waals surface area contributed by atoms with Crippen LogP contribution in [0, 0.1) is 46.3 Å². The predicted molar refractivity (Wildman–Crippen MR) is 102 cm³/mol. The summed E-state index contributed by atoms with van der Waals surface area (Å²) in [5.74, 6) is 4.31. The number of allylic oxidation sites excluding steroid dienone is 1. The lowest BCUT2D eigenvalue weighted by molar-refractivity contribution is -0.149. The minimum Gasteiger partial charge on any atom is -0.345 e. The standard InChI is InChI=1S/C23H33NO/c1-5-20(25)24-15-21(3)10-6-11-22(4)18(21)9-12-23-13-16(2)17(14-23)7-8-19(22)23/h1,17-19H,2,6-15H2,3-4H3,(H,24,25)/t17-,18?,19?,21+,22-,23-/m1/s1. The van der Waals surface area contributed by atoms with Crippen LogP contribution in [0.25, 0.3) is 0 Å². The van der Waals surface area contributed by atoms with Crippen molar-refractivity contribution < 1.29 is 4.79 Å². The summed E-state index contributed by atoms with van der Waals surface area (Å²) in [5.41, 5.74) is 2.70. The molecule has 136 valence electrons. The Morgan fingerprint density at radius 2 is 2.04 bits per heavy atom. The number of nitrogens with one attached hydrogen (secondary N) is 1. The second-order valence-corrected chi connectivity index (χ2v) is 10.2. The largest absolute Gasteiger partial charge is 0.345 e. The van der Waals surface area contributed by atoms with Gasteiger partial charge in [-0.3, -0.25) is 4.79 Å². The first kappa shape index (κ1) is 17.2. The maximum atomic E-state index is 11.6. The van der Waals surface area contributed by atoms with Crippen molar-refractivity contribution in [1.82, 2.24) is 5.32 Å². The molecule has 1 N–H and O–H groups in total. The number of rotatable bonds is 2. The summed E-state index contributed by atoms with van der Waals surface area (Å²) in [7, 11) is 0. The minimum atomic E-state index is -0.256. The van der Waals surface area contributed by atoms with Crippen LogP contribution in [-0.2, 0) is 4.79 Å². The number of amides is 1. The number of terminal acetylenes is 1. The van der Waals surface area contributed by atoms with E-state index >= 15 is 0 Å². The molecule has 0 heterocycles. The van der Waals surface area contributed by atoms with Gasteiger partial charge in [0, 0.05) is 6.54 Å². The van der Waals surface area contributed by atoms with E-state index in [1.165, 1.54) is 57.8 Å². The molecule has 4 rings (SSSR count). The third-order valence-electron chi connectivity index (χ3n) is 8.96. The van der Waals surface area contributed by atoms with Crippen LogP contribution in [0.4, 0.5) is 0 Å². The van der Waals surface area contributed by atoms with Gasteiger partial charge in [-0.15, -0.1) is 6.42 Å². The van der Waals surface area contributed by atoms with Gasteiger partial charge in [0.15, 0.2) is 0 Å². The Balaban J connectivity index is 1.62. The fourth-order valence-corrected chi connectivity index (χ4v) is 8.03. The molecule has 2 heteroatoms. The molecule has 1 amide bonds. The lowest BCUT2D eigenvalue weighted by Crippen LogP contribution is -2.58. The summed E-state index contributed by atoms with van der Waals surface area (Å²) in [4.78, 5) is 11.6. The summed E-state index contributed by atoms with van der Waals surface area (Å²) < 4.78 is 0. The molecule has 6 atom stereocenters. The van der Waals surface area contributed by atoms with Crippen LogP contribution in [0.5, 0.6) is 0 Å². The highest BCUT2D eigenvalue weighted by Crippen LogP contribution is 2.72. The third-order valence-corrected chi connectivity index (χ3v) is 8.96. The molecular weight excluding hydrogens is 306 g/mol. The molecule has 2 unspecified atom stereocenters. The molecule has 2 bridgehead atoms. The van der Waals surface area contributed by atoms with Gasteiger partial charge in [-0.1, -0.05) is 32.4 Å². The van der Waals surface area contributed by atoms with Crippen LogP contribution in [0.2, 0.25) is 0 Å². The summed E-state index contributed by atoms with van der Waals surface area (Å²) >= 11 is 0. The number of carbonyl (C=O) groups is 1. The molecular formula is C23H33NO. The molecule has 2 nitrogen and oxygen atoms in total. The first-order valence-electron chi connectivity index (χ1n) is 10.3. The van der Waals surface area contributed by atoms with E-state index in [0.29, 0.717) is 16.7 Å². The highest BCUT2D eigenvalue weighted by molar-refractivity contribution is 5.92. The van der Waals surface area contributed by atoms with E-state index in [1.54, 1.807) is 5.57 Å². The average molecular weight is 340 g/mol. The van der Waals surface area contributed by atoms with E-state index in [-0.39, 0.29) is 11.3 Å². The Bertz CT molecular complexity index is 645. The molecule has 0 saturated heterocycles. The molecule has 0 aromatic carbocycles. The Hall–Kier alpha value is -1.23. The molecule has 4 saturated carbocycles. The van der Waals surface area contributed by atoms with Gasteiger partial charge in [-0.05, 0) is 91.3 Å². The molecule has 0 radical (unpaired) electrons. The molecule has 0 aromatic rings. The number of carbonyl (C=O) groups excluding carboxylic acids is 1. The fourth-order valence-electron chi connectivity index (χ4n) is 8.03. The topological polar surface area (TPSA) is 29.1 Å². The van der Waals surface area contributed by atoms with E-state index < -0.39 is 0 Å². The van der Waals surface area contributed by atoms with Gasteiger partial charge >= 0.3 is 0 Å². The average Bonchev–Trinajstić information content (AvgIpc) is 2.81. The van der Waals surface area contributed by atoms with E-state index in [1.807, 2.05) is 0 Å². The molecule has 25 heavy (non-hydrogen) atoms. The van der Waals surface area contributed by atoms with Crippen molar-refractivity contribution in [3.8, 4) is 12.3 Å². The van der Waals surface area contributed by atoms with E-state index in [0.717, 1.165) is 18.4 Å². The Morgan fingerprint density at radius 3 is 2.80 bits per heavy atom. The molecule has 4 aliphatic carbocycles. The molecule has 1 spiro atoms. The Labute approximate surface area is 153 Å². The van der Waals surface area contributed by atoms with Crippen molar-refractivity contribution in [2.75, 3.05) is 6.54 Å². The zero-order valence-corrected chi connectivity index (χ0v) is 16.0. The van der Waals surface area contributed by atoms with Crippen molar-refractivity contribution in [3.05, 3.63) is 12.2 Å². The van der Waals surface area contributed by atoms with Gasteiger partial charge in [0.25, 0.3) is 5.91 Å². The first-order chi connectivity index (χ1) is 11.8. The number of hydrogen-bond acceptors (Lipinski definition) is 1. The van der Waals surface area contributed by atoms with Gasteiger partial charge in [0.1, 0.15) is 0 Å². The van der Waals surface area contributed by atoms with Crippen LogP contribution in [0.15, 0.2) is 12.2 Å². The van der Waals surface area contributed by atoms with Crippen molar-refractivity contribution in [3.63, 3.8) is 0 Å². The highest BCUT2D eigenvalue weighted by Gasteiger charge is 2.63. The zero-order valence-electron chi connectivity index (χ0n) is 16.0. The van der Waals surface area contributed by atoms with Gasteiger partial charge in [0.2, 0.25) is 0 Å². The minimum absolute atomic E-state index is 0.188. The van der Waals surface area contributed by atoms with E-state index in [2.05, 4.69) is 31.7 Å². The monoisotopic (exact) mass is 339 g/mol. The quantitative estimate of drug-likeness (QED) is 0.573. The lowest BCUT2D eigenvalue weighted by Gasteiger charge is -2.64. The van der Waals surface area contributed by atoms with Crippen molar-refractivity contribution in [1.29, 1.82) is 0 Å². The van der Waals surface area contributed by atoms with Crippen LogP contribution < -0.4 is 5.32 Å². The normalized spacial score (nSPS) is 48.2. The zero-order chi connectivity index (χ0) is 17.9. The van der Waals surface area contributed by atoms with Gasteiger partial charge in [-0.25, -0.2) is 0 Å². The van der Waals surface area contributed by atoms with E-state index in [4.69, 9.17) is 6.42 Å². The summed E-state index contributed by atoms with van der Waals surface area (Å²) in [6.45, 7) is 10.2. The van der Waals surface area contributed by atoms with Crippen LogP contribution in [0.1, 0.15) is 71.6 Å². The third kappa shape index (κ3) is 2.42. The summed E-state index contributed by atoms with van der Waals surface area (Å²) in [6.07, 6.45) is 17.2. The predicted octanol–water partition coefficient (Wildman–Crippen LogP) is 4.70.